The first-order valence-corrected chi connectivity index (χ1v) is 7.24. The molecule has 1 aromatic carbocycles. The highest BCUT2D eigenvalue weighted by Gasteiger charge is 2.20. The lowest BCUT2D eigenvalue weighted by Crippen LogP contribution is -2.18. The molecule has 2 rings (SSSR count). The minimum absolute atomic E-state index is 0.0831. The fourth-order valence-corrected chi connectivity index (χ4v) is 3.75. The van der Waals surface area contributed by atoms with Crippen molar-refractivity contribution >= 4 is 11.8 Å². The standard InChI is InChI=1S/C14H20FNS/c1-10(16)9-11-5-4-8-13(15)14(11)17-12-6-2-3-7-12/h4-5,8,10,12H,2-3,6-7,9,16H2,1H3. The van der Waals surface area contributed by atoms with Gasteiger partial charge in [-0.05, 0) is 37.8 Å². The molecule has 0 aromatic heterocycles. The molecule has 1 aliphatic rings. The van der Waals surface area contributed by atoms with Gasteiger partial charge in [0.05, 0.1) is 0 Å². The van der Waals surface area contributed by atoms with Crippen LogP contribution in [-0.2, 0) is 6.42 Å². The Bertz CT molecular complexity index is 372. The summed E-state index contributed by atoms with van der Waals surface area (Å²) in [6.45, 7) is 1.97. The molecule has 0 aliphatic heterocycles. The zero-order valence-corrected chi connectivity index (χ0v) is 11.1. The third-order valence-electron chi connectivity index (χ3n) is 3.18. The molecule has 0 amide bonds. The third kappa shape index (κ3) is 3.46. The van der Waals surface area contributed by atoms with E-state index in [4.69, 9.17) is 5.73 Å². The maximum Gasteiger partial charge on any atom is 0.137 e. The number of rotatable bonds is 4. The molecule has 3 heteroatoms. The smallest absolute Gasteiger partial charge is 0.137 e. The monoisotopic (exact) mass is 253 g/mol. The molecule has 0 heterocycles. The Hall–Kier alpha value is -0.540. The first-order chi connectivity index (χ1) is 8.16. The van der Waals surface area contributed by atoms with Crippen LogP contribution in [0.25, 0.3) is 0 Å². The van der Waals surface area contributed by atoms with Crippen molar-refractivity contribution < 1.29 is 4.39 Å². The molecule has 0 bridgehead atoms. The molecule has 0 radical (unpaired) electrons. The van der Waals surface area contributed by atoms with Crippen molar-refractivity contribution in [1.82, 2.24) is 0 Å². The van der Waals surface area contributed by atoms with E-state index >= 15 is 0 Å². The van der Waals surface area contributed by atoms with E-state index in [-0.39, 0.29) is 11.9 Å². The summed E-state index contributed by atoms with van der Waals surface area (Å²) < 4.78 is 13.9. The van der Waals surface area contributed by atoms with Crippen LogP contribution in [0, 0.1) is 5.82 Å². The Balaban J connectivity index is 2.17. The summed E-state index contributed by atoms with van der Waals surface area (Å²) in [6, 6.07) is 5.43. The van der Waals surface area contributed by atoms with Crippen LogP contribution >= 0.6 is 11.8 Å². The highest BCUT2D eigenvalue weighted by Crippen LogP contribution is 2.37. The largest absolute Gasteiger partial charge is 0.328 e. The number of thioether (sulfide) groups is 1. The highest BCUT2D eigenvalue weighted by molar-refractivity contribution is 8.00. The predicted molar refractivity (Wildman–Crippen MR) is 71.9 cm³/mol. The molecular weight excluding hydrogens is 233 g/mol. The number of halogens is 1. The van der Waals surface area contributed by atoms with Crippen LogP contribution in [0.5, 0.6) is 0 Å². The molecule has 0 saturated heterocycles. The molecule has 0 spiro atoms. The van der Waals surface area contributed by atoms with Gasteiger partial charge in [-0.2, -0.15) is 0 Å². The Morgan fingerprint density at radius 1 is 1.41 bits per heavy atom. The van der Waals surface area contributed by atoms with E-state index in [0.29, 0.717) is 5.25 Å². The lowest BCUT2D eigenvalue weighted by atomic mass is 10.1. The molecule has 1 atom stereocenters. The lowest BCUT2D eigenvalue weighted by Gasteiger charge is -2.15. The van der Waals surface area contributed by atoms with Crippen LogP contribution < -0.4 is 5.73 Å². The van der Waals surface area contributed by atoms with Gasteiger partial charge in [0.25, 0.3) is 0 Å². The summed E-state index contributed by atoms with van der Waals surface area (Å²) in [5, 5.41) is 0.596. The van der Waals surface area contributed by atoms with Crippen molar-refractivity contribution in [2.24, 2.45) is 5.73 Å². The summed E-state index contributed by atoms with van der Waals surface area (Å²) in [5.41, 5.74) is 6.89. The highest BCUT2D eigenvalue weighted by atomic mass is 32.2. The first-order valence-electron chi connectivity index (χ1n) is 6.36. The minimum Gasteiger partial charge on any atom is -0.328 e. The van der Waals surface area contributed by atoms with Crippen LogP contribution in [-0.4, -0.2) is 11.3 Å². The minimum atomic E-state index is -0.0833. The molecule has 2 N–H and O–H groups in total. The summed E-state index contributed by atoms with van der Waals surface area (Å²) in [7, 11) is 0. The third-order valence-corrected chi connectivity index (χ3v) is 4.67. The number of hydrogen-bond acceptors (Lipinski definition) is 2. The zero-order valence-electron chi connectivity index (χ0n) is 10.3. The van der Waals surface area contributed by atoms with Gasteiger partial charge in [-0.25, -0.2) is 4.39 Å². The van der Waals surface area contributed by atoms with Crippen molar-refractivity contribution in [3.63, 3.8) is 0 Å². The number of hydrogen-bond donors (Lipinski definition) is 1. The Morgan fingerprint density at radius 2 is 2.12 bits per heavy atom. The molecule has 1 nitrogen and oxygen atoms in total. The molecule has 1 aliphatic carbocycles. The van der Waals surface area contributed by atoms with Crippen LogP contribution in [0.3, 0.4) is 0 Å². The fourth-order valence-electron chi connectivity index (χ4n) is 2.37. The second-order valence-corrected chi connectivity index (χ2v) is 6.24. The van der Waals surface area contributed by atoms with E-state index in [9.17, 15) is 4.39 Å². The van der Waals surface area contributed by atoms with Gasteiger partial charge in [-0.3, -0.25) is 0 Å². The molecule has 17 heavy (non-hydrogen) atoms. The first kappa shape index (κ1) is 12.9. The quantitative estimate of drug-likeness (QED) is 0.884. The van der Waals surface area contributed by atoms with E-state index in [2.05, 4.69) is 0 Å². The van der Waals surface area contributed by atoms with Crippen LogP contribution in [0.2, 0.25) is 0 Å². The number of nitrogens with two attached hydrogens (primary N) is 1. The van der Waals surface area contributed by atoms with Crippen molar-refractivity contribution in [2.45, 2.75) is 55.2 Å². The summed E-state index contributed by atoms with van der Waals surface area (Å²) in [6.07, 6.45) is 5.77. The topological polar surface area (TPSA) is 26.0 Å². The predicted octanol–water partition coefficient (Wildman–Crippen LogP) is 3.75. The van der Waals surface area contributed by atoms with Crippen LogP contribution in [0.4, 0.5) is 4.39 Å². The maximum atomic E-state index is 13.9. The van der Waals surface area contributed by atoms with E-state index in [0.717, 1.165) is 16.9 Å². The SMILES string of the molecule is CC(N)Cc1cccc(F)c1SC1CCCC1. The van der Waals surface area contributed by atoms with E-state index in [1.165, 1.54) is 25.7 Å². The Labute approximate surface area is 107 Å². The van der Waals surface area contributed by atoms with Gasteiger partial charge in [0.1, 0.15) is 5.82 Å². The van der Waals surface area contributed by atoms with Gasteiger partial charge in [-0.15, -0.1) is 11.8 Å². The fraction of sp³-hybridized carbons (Fsp3) is 0.571. The van der Waals surface area contributed by atoms with Gasteiger partial charge < -0.3 is 5.73 Å². The van der Waals surface area contributed by atoms with E-state index in [1.807, 2.05) is 13.0 Å². The van der Waals surface area contributed by atoms with E-state index in [1.54, 1.807) is 23.9 Å². The summed E-state index contributed by atoms with van der Waals surface area (Å²) in [5.74, 6) is -0.0833. The van der Waals surface area contributed by atoms with Gasteiger partial charge in [0.15, 0.2) is 0 Å². The second-order valence-electron chi connectivity index (χ2n) is 4.93. The van der Waals surface area contributed by atoms with Gasteiger partial charge >= 0.3 is 0 Å². The van der Waals surface area contributed by atoms with Crippen molar-refractivity contribution in [3.8, 4) is 0 Å². The molecule has 1 unspecified atom stereocenters. The Morgan fingerprint density at radius 3 is 2.76 bits per heavy atom. The molecule has 1 aromatic rings. The molecule has 1 saturated carbocycles. The molecule has 1 fully saturated rings. The van der Waals surface area contributed by atoms with E-state index < -0.39 is 0 Å². The summed E-state index contributed by atoms with van der Waals surface area (Å²) in [4.78, 5) is 0.830. The van der Waals surface area contributed by atoms with Crippen molar-refractivity contribution in [3.05, 3.63) is 29.6 Å². The number of benzene rings is 1. The zero-order chi connectivity index (χ0) is 12.3. The second kappa shape index (κ2) is 5.87. The van der Waals surface area contributed by atoms with Gasteiger partial charge in [-0.1, -0.05) is 25.0 Å². The molecule has 94 valence electrons. The summed E-state index contributed by atoms with van der Waals surface area (Å²) >= 11 is 1.72. The lowest BCUT2D eigenvalue weighted by molar-refractivity contribution is 0.592. The van der Waals surface area contributed by atoms with Gasteiger partial charge in [0, 0.05) is 16.2 Å². The van der Waals surface area contributed by atoms with Crippen molar-refractivity contribution in [2.75, 3.05) is 0 Å². The van der Waals surface area contributed by atoms with Crippen molar-refractivity contribution in [1.29, 1.82) is 0 Å². The molecular formula is C14H20FNS. The van der Waals surface area contributed by atoms with Crippen LogP contribution in [0.15, 0.2) is 23.1 Å². The maximum absolute atomic E-state index is 13.9. The average molecular weight is 253 g/mol. The Kier molecular flexibility index (Phi) is 4.46. The normalized spacial score (nSPS) is 18.5. The average Bonchev–Trinajstić information content (AvgIpc) is 2.75. The van der Waals surface area contributed by atoms with Crippen LogP contribution in [0.1, 0.15) is 38.2 Å². The van der Waals surface area contributed by atoms with Gasteiger partial charge in [0.2, 0.25) is 0 Å².